The number of benzene rings is 1. The average molecular weight is 297 g/mol. The van der Waals surface area contributed by atoms with Gasteiger partial charge in [-0.25, -0.2) is 0 Å². The maximum atomic E-state index is 4.51. The van der Waals surface area contributed by atoms with E-state index in [4.69, 9.17) is 0 Å². The molecule has 0 saturated carbocycles. The lowest BCUT2D eigenvalue weighted by atomic mass is 9.72. The maximum absolute atomic E-state index is 4.51. The van der Waals surface area contributed by atoms with E-state index in [1.54, 1.807) is 0 Å². The minimum atomic E-state index is 0.138. The molecule has 0 aliphatic heterocycles. The molecule has 1 heterocycles. The highest BCUT2D eigenvalue weighted by Crippen LogP contribution is 2.37. The van der Waals surface area contributed by atoms with Crippen molar-refractivity contribution in [2.45, 2.75) is 60.3 Å². The summed E-state index contributed by atoms with van der Waals surface area (Å²) in [6, 6.07) is 12.8. The highest BCUT2D eigenvalue weighted by Gasteiger charge is 2.27. The van der Waals surface area contributed by atoms with Gasteiger partial charge in [0.25, 0.3) is 0 Å². The van der Waals surface area contributed by atoms with E-state index < -0.39 is 0 Å². The molecule has 0 fully saturated rings. The fourth-order valence-electron chi connectivity index (χ4n) is 2.25. The van der Waals surface area contributed by atoms with Crippen molar-refractivity contribution in [2.75, 3.05) is 0 Å². The predicted octanol–water partition coefficient (Wildman–Crippen LogP) is 6.41. The van der Waals surface area contributed by atoms with Crippen molar-refractivity contribution in [1.82, 2.24) is 4.98 Å². The van der Waals surface area contributed by atoms with E-state index in [1.807, 2.05) is 18.3 Å². The van der Waals surface area contributed by atoms with E-state index in [2.05, 4.69) is 77.7 Å². The summed E-state index contributed by atoms with van der Waals surface area (Å²) >= 11 is 0. The lowest BCUT2D eigenvalue weighted by molar-refractivity contribution is 0.373. The minimum absolute atomic E-state index is 0.138. The zero-order valence-electron chi connectivity index (χ0n) is 15.3. The van der Waals surface area contributed by atoms with Crippen molar-refractivity contribution in [3.8, 4) is 11.3 Å². The molecule has 0 saturated heterocycles. The molecule has 0 atom stereocenters. The summed E-state index contributed by atoms with van der Waals surface area (Å²) in [4.78, 5) is 4.51. The molecule has 120 valence electrons. The molecule has 0 radical (unpaired) electrons. The second kappa shape index (κ2) is 8.12. The fourth-order valence-corrected chi connectivity index (χ4v) is 2.25. The van der Waals surface area contributed by atoms with Gasteiger partial charge in [0.05, 0.1) is 5.69 Å². The van der Waals surface area contributed by atoms with Crippen LogP contribution in [-0.4, -0.2) is 4.98 Å². The van der Waals surface area contributed by atoms with Crippen LogP contribution in [0.1, 0.15) is 59.1 Å². The van der Waals surface area contributed by atoms with Crippen molar-refractivity contribution in [1.29, 1.82) is 0 Å². The third kappa shape index (κ3) is 4.43. The average Bonchev–Trinajstić information content (AvgIpc) is 2.48. The first-order valence-electron chi connectivity index (χ1n) is 8.37. The molecule has 0 bridgehead atoms. The third-order valence-electron chi connectivity index (χ3n) is 4.25. The molecule has 22 heavy (non-hydrogen) atoms. The number of aryl methyl sites for hydroxylation is 1. The number of aromatic nitrogens is 1. The molecule has 0 aliphatic carbocycles. The van der Waals surface area contributed by atoms with Gasteiger partial charge in [0, 0.05) is 11.8 Å². The number of nitrogens with zero attached hydrogens (tertiary/aromatic N) is 1. The molecule has 2 rings (SSSR count). The first kappa shape index (κ1) is 18.4. The Balaban J connectivity index is 0.000000745. The Kier molecular flexibility index (Phi) is 6.80. The second-order valence-electron chi connectivity index (χ2n) is 6.85. The Hall–Kier alpha value is -1.63. The van der Waals surface area contributed by atoms with E-state index in [1.165, 1.54) is 23.1 Å². The van der Waals surface area contributed by atoms with Crippen LogP contribution in [0.5, 0.6) is 0 Å². The van der Waals surface area contributed by atoms with Crippen LogP contribution in [0, 0.1) is 12.8 Å². The monoisotopic (exact) mass is 297 g/mol. The quantitative estimate of drug-likeness (QED) is 0.638. The van der Waals surface area contributed by atoms with E-state index in [-0.39, 0.29) is 5.41 Å². The van der Waals surface area contributed by atoms with Crippen LogP contribution >= 0.6 is 0 Å². The third-order valence-corrected chi connectivity index (χ3v) is 4.25. The molecule has 0 unspecified atom stereocenters. The van der Waals surface area contributed by atoms with Gasteiger partial charge in [-0.3, -0.25) is 4.98 Å². The lowest BCUT2D eigenvalue weighted by Crippen LogP contribution is -2.25. The zero-order valence-corrected chi connectivity index (χ0v) is 15.3. The van der Waals surface area contributed by atoms with Gasteiger partial charge in [0.2, 0.25) is 0 Å². The maximum Gasteiger partial charge on any atom is 0.0704 e. The molecule has 0 amide bonds. The fraction of sp³-hybridized carbons (Fsp3) is 0.476. The Morgan fingerprint density at radius 3 is 2.18 bits per heavy atom. The summed E-state index contributed by atoms with van der Waals surface area (Å²) in [6.07, 6.45) is 3.11. The number of pyridine rings is 1. The van der Waals surface area contributed by atoms with Crippen LogP contribution in [0.4, 0.5) is 0 Å². The van der Waals surface area contributed by atoms with Crippen LogP contribution in [0.3, 0.4) is 0 Å². The summed E-state index contributed by atoms with van der Waals surface area (Å²) in [6.45, 7) is 15.6. The van der Waals surface area contributed by atoms with Gasteiger partial charge in [0.15, 0.2) is 0 Å². The van der Waals surface area contributed by atoms with Crippen LogP contribution in [-0.2, 0) is 5.41 Å². The normalized spacial score (nSPS) is 11.1. The number of hydrogen-bond donors (Lipinski definition) is 0. The van der Waals surface area contributed by atoms with E-state index in [0.717, 1.165) is 5.69 Å². The van der Waals surface area contributed by atoms with E-state index >= 15 is 0 Å². The molecule has 1 heteroatoms. The summed E-state index contributed by atoms with van der Waals surface area (Å²) < 4.78 is 0. The molecule has 1 nitrogen and oxygen atoms in total. The molecule has 2 aromatic rings. The standard InChI is InChI=1S/C18H23N.C3H8/c1-13(2)18(4,5)16-12-14(3)9-10-15(16)17-8-6-7-11-19-17;1-3-2/h6-13H,1-5H3;3H2,1-2H3. The Bertz CT molecular complexity index is 568. The van der Waals surface area contributed by atoms with Crippen molar-refractivity contribution in [3.05, 3.63) is 53.7 Å². The lowest BCUT2D eigenvalue weighted by Gasteiger charge is -2.32. The summed E-state index contributed by atoms with van der Waals surface area (Å²) in [7, 11) is 0. The Labute approximate surface area is 136 Å². The predicted molar refractivity (Wildman–Crippen MR) is 98.2 cm³/mol. The van der Waals surface area contributed by atoms with Gasteiger partial charge in [-0.05, 0) is 36.0 Å². The van der Waals surface area contributed by atoms with Crippen molar-refractivity contribution in [2.24, 2.45) is 5.92 Å². The molecule has 0 spiro atoms. The summed E-state index contributed by atoms with van der Waals surface area (Å²) in [5, 5.41) is 0. The van der Waals surface area contributed by atoms with Crippen molar-refractivity contribution >= 4 is 0 Å². The SMILES string of the molecule is CCC.Cc1ccc(-c2ccccn2)c(C(C)(C)C(C)C)c1. The Morgan fingerprint density at radius 1 is 1.05 bits per heavy atom. The van der Waals surface area contributed by atoms with Gasteiger partial charge < -0.3 is 0 Å². The summed E-state index contributed by atoms with van der Waals surface area (Å²) in [5.41, 5.74) is 5.15. The first-order chi connectivity index (χ1) is 10.3. The highest BCUT2D eigenvalue weighted by molar-refractivity contribution is 5.66. The van der Waals surface area contributed by atoms with E-state index in [0.29, 0.717) is 5.92 Å². The minimum Gasteiger partial charge on any atom is -0.256 e. The van der Waals surface area contributed by atoms with E-state index in [9.17, 15) is 0 Å². The van der Waals surface area contributed by atoms with Gasteiger partial charge in [-0.1, -0.05) is 77.8 Å². The largest absolute Gasteiger partial charge is 0.256 e. The van der Waals surface area contributed by atoms with Gasteiger partial charge >= 0.3 is 0 Å². The van der Waals surface area contributed by atoms with Crippen molar-refractivity contribution < 1.29 is 0 Å². The molecular weight excluding hydrogens is 266 g/mol. The first-order valence-corrected chi connectivity index (χ1v) is 8.37. The van der Waals surface area contributed by atoms with Crippen LogP contribution < -0.4 is 0 Å². The Morgan fingerprint density at radius 2 is 1.68 bits per heavy atom. The van der Waals surface area contributed by atoms with Gasteiger partial charge in [0.1, 0.15) is 0 Å². The van der Waals surface area contributed by atoms with Gasteiger partial charge in [-0.15, -0.1) is 0 Å². The van der Waals surface area contributed by atoms with Crippen LogP contribution in [0.2, 0.25) is 0 Å². The number of hydrogen-bond acceptors (Lipinski definition) is 1. The zero-order chi connectivity index (χ0) is 16.8. The molecule has 0 aliphatic rings. The van der Waals surface area contributed by atoms with Gasteiger partial charge in [-0.2, -0.15) is 0 Å². The number of rotatable bonds is 3. The smallest absolute Gasteiger partial charge is 0.0704 e. The second-order valence-corrected chi connectivity index (χ2v) is 6.85. The molecule has 1 aromatic heterocycles. The highest BCUT2D eigenvalue weighted by atomic mass is 14.7. The van der Waals surface area contributed by atoms with Crippen LogP contribution in [0.25, 0.3) is 11.3 Å². The molecular formula is C21H31N. The van der Waals surface area contributed by atoms with Crippen LogP contribution in [0.15, 0.2) is 42.6 Å². The topological polar surface area (TPSA) is 12.9 Å². The molecule has 0 N–H and O–H groups in total. The molecule has 1 aromatic carbocycles. The summed E-state index contributed by atoms with van der Waals surface area (Å²) in [5.74, 6) is 0.580. The van der Waals surface area contributed by atoms with Crippen molar-refractivity contribution in [3.63, 3.8) is 0 Å².